The lowest BCUT2D eigenvalue weighted by atomic mass is 10.1. The molecule has 0 spiro atoms. The van der Waals surface area contributed by atoms with Crippen molar-refractivity contribution >= 4 is 23.2 Å². The lowest BCUT2D eigenvalue weighted by molar-refractivity contribution is -0.385. The van der Waals surface area contributed by atoms with Crippen LogP contribution in [0.2, 0.25) is 5.02 Å². The largest absolute Gasteiger partial charge is 0.395 e. The molecule has 1 amide bonds. The van der Waals surface area contributed by atoms with Crippen LogP contribution in [0.15, 0.2) is 18.2 Å². The van der Waals surface area contributed by atoms with Crippen molar-refractivity contribution in [3.8, 4) is 0 Å². The Bertz CT molecular complexity index is 474. The minimum atomic E-state index is -0.681. The van der Waals surface area contributed by atoms with Gasteiger partial charge in [0.05, 0.1) is 18.1 Å². The molecule has 0 bridgehead atoms. The van der Waals surface area contributed by atoms with E-state index in [0.717, 1.165) is 11.0 Å². The lowest BCUT2D eigenvalue weighted by Gasteiger charge is -2.20. The van der Waals surface area contributed by atoms with Crippen LogP contribution in [0.3, 0.4) is 0 Å². The fourth-order valence-electron chi connectivity index (χ4n) is 1.57. The van der Waals surface area contributed by atoms with Gasteiger partial charge < -0.3 is 15.1 Å². The molecule has 104 valence electrons. The molecule has 0 radical (unpaired) electrons. The number of hydrogen-bond donors (Lipinski definition) is 2. The van der Waals surface area contributed by atoms with Crippen molar-refractivity contribution in [3.63, 3.8) is 0 Å². The van der Waals surface area contributed by atoms with Crippen LogP contribution in [0.1, 0.15) is 10.4 Å². The zero-order valence-electron chi connectivity index (χ0n) is 9.95. The zero-order valence-corrected chi connectivity index (χ0v) is 10.7. The average Bonchev–Trinajstić information content (AvgIpc) is 2.37. The fourth-order valence-corrected chi connectivity index (χ4v) is 1.74. The second kappa shape index (κ2) is 7.03. The Morgan fingerprint density at radius 3 is 2.37 bits per heavy atom. The molecule has 1 rings (SSSR count). The smallest absolute Gasteiger partial charge is 0.282 e. The third-order valence-electron chi connectivity index (χ3n) is 2.41. The van der Waals surface area contributed by atoms with Gasteiger partial charge in [-0.15, -0.1) is 0 Å². The van der Waals surface area contributed by atoms with E-state index in [2.05, 4.69) is 0 Å². The highest BCUT2D eigenvalue weighted by Crippen LogP contribution is 2.24. The second-order valence-corrected chi connectivity index (χ2v) is 4.09. The van der Waals surface area contributed by atoms with Crippen LogP contribution in [0.5, 0.6) is 0 Å². The van der Waals surface area contributed by atoms with Crippen LogP contribution in [0, 0.1) is 10.1 Å². The van der Waals surface area contributed by atoms with E-state index in [1.165, 1.54) is 12.1 Å². The minimum Gasteiger partial charge on any atom is -0.395 e. The number of nitrogens with zero attached hydrogens (tertiary/aromatic N) is 2. The molecular formula is C11H13ClN2O5. The van der Waals surface area contributed by atoms with E-state index in [1.807, 2.05) is 0 Å². The number of hydrogen-bond acceptors (Lipinski definition) is 5. The first-order valence-electron chi connectivity index (χ1n) is 5.46. The number of halogens is 1. The highest BCUT2D eigenvalue weighted by atomic mass is 35.5. The zero-order chi connectivity index (χ0) is 14.4. The van der Waals surface area contributed by atoms with Crippen molar-refractivity contribution in [2.45, 2.75) is 0 Å². The Hall–Kier alpha value is -1.70. The van der Waals surface area contributed by atoms with E-state index in [9.17, 15) is 14.9 Å². The maximum Gasteiger partial charge on any atom is 0.282 e. The Balaban J connectivity index is 3.15. The molecule has 0 aliphatic rings. The topological polar surface area (TPSA) is 104 Å². The molecule has 0 aliphatic carbocycles. The van der Waals surface area contributed by atoms with Crippen LogP contribution >= 0.6 is 11.6 Å². The molecule has 0 aliphatic heterocycles. The number of rotatable bonds is 6. The number of nitro benzene ring substituents is 1. The Morgan fingerprint density at radius 1 is 1.32 bits per heavy atom. The normalized spacial score (nSPS) is 10.3. The van der Waals surface area contributed by atoms with Crippen molar-refractivity contribution < 1.29 is 19.9 Å². The summed E-state index contributed by atoms with van der Waals surface area (Å²) in [6.45, 7) is -0.660. The van der Waals surface area contributed by atoms with Crippen molar-refractivity contribution in [2.75, 3.05) is 26.3 Å². The summed E-state index contributed by atoms with van der Waals surface area (Å²) >= 11 is 5.73. The Labute approximate surface area is 114 Å². The molecule has 19 heavy (non-hydrogen) atoms. The molecule has 7 nitrogen and oxygen atoms in total. The highest BCUT2D eigenvalue weighted by Gasteiger charge is 2.24. The number of carbonyl (C=O) groups excluding carboxylic acids is 1. The highest BCUT2D eigenvalue weighted by molar-refractivity contribution is 6.31. The predicted octanol–water partition coefficient (Wildman–Crippen LogP) is 0.675. The van der Waals surface area contributed by atoms with E-state index in [-0.39, 0.29) is 42.6 Å². The second-order valence-electron chi connectivity index (χ2n) is 3.66. The summed E-state index contributed by atoms with van der Waals surface area (Å²) in [5.41, 5.74) is -0.533. The molecule has 8 heteroatoms. The van der Waals surface area contributed by atoms with E-state index >= 15 is 0 Å². The molecule has 0 atom stereocenters. The van der Waals surface area contributed by atoms with Crippen molar-refractivity contribution in [1.29, 1.82) is 0 Å². The van der Waals surface area contributed by atoms with Crippen molar-refractivity contribution in [3.05, 3.63) is 38.9 Å². The maximum absolute atomic E-state index is 12.1. The standard InChI is InChI=1S/C11H13ClN2O5/c12-8-1-2-10(14(18)19)9(7-8)11(17)13(3-5-15)4-6-16/h1-2,7,15-16H,3-6H2. The average molecular weight is 289 g/mol. The molecule has 1 aromatic rings. The van der Waals surface area contributed by atoms with Gasteiger partial charge in [0, 0.05) is 24.2 Å². The summed E-state index contributed by atoms with van der Waals surface area (Å²) < 4.78 is 0. The minimum absolute atomic E-state index is 0.0247. The van der Waals surface area contributed by atoms with Crippen LogP contribution in [0.25, 0.3) is 0 Å². The maximum atomic E-state index is 12.1. The molecule has 0 fully saturated rings. The molecular weight excluding hydrogens is 276 g/mol. The van der Waals surface area contributed by atoms with E-state index in [0.29, 0.717) is 0 Å². The van der Waals surface area contributed by atoms with E-state index in [4.69, 9.17) is 21.8 Å². The monoisotopic (exact) mass is 288 g/mol. The lowest BCUT2D eigenvalue weighted by Crippen LogP contribution is -2.36. The predicted molar refractivity (Wildman–Crippen MR) is 68.2 cm³/mol. The van der Waals surface area contributed by atoms with Gasteiger partial charge in [-0.05, 0) is 12.1 Å². The number of aliphatic hydroxyl groups is 2. The van der Waals surface area contributed by atoms with Gasteiger partial charge in [-0.2, -0.15) is 0 Å². The van der Waals surface area contributed by atoms with Crippen molar-refractivity contribution in [2.24, 2.45) is 0 Å². The van der Waals surface area contributed by atoms with E-state index in [1.54, 1.807) is 0 Å². The molecule has 0 unspecified atom stereocenters. The summed E-state index contributed by atoms with van der Waals surface area (Å²) in [6.07, 6.45) is 0. The van der Waals surface area contributed by atoms with Crippen molar-refractivity contribution in [1.82, 2.24) is 4.90 Å². The first kappa shape index (κ1) is 15.4. The van der Waals surface area contributed by atoms with Crippen LogP contribution in [-0.2, 0) is 0 Å². The first-order valence-corrected chi connectivity index (χ1v) is 5.84. The van der Waals surface area contributed by atoms with Gasteiger partial charge in [0.25, 0.3) is 11.6 Å². The molecule has 0 saturated heterocycles. The summed E-state index contributed by atoms with van der Waals surface area (Å²) in [6, 6.07) is 3.66. The molecule has 1 aromatic carbocycles. The summed E-state index contributed by atoms with van der Waals surface area (Å²) in [7, 11) is 0. The number of benzene rings is 1. The quantitative estimate of drug-likeness (QED) is 0.591. The van der Waals surface area contributed by atoms with Gasteiger partial charge in [0.2, 0.25) is 0 Å². The first-order chi connectivity index (χ1) is 9.01. The van der Waals surface area contributed by atoms with Gasteiger partial charge in [0.1, 0.15) is 5.56 Å². The number of nitro groups is 1. The molecule has 0 aromatic heterocycles. The van der Waals surface area contributed by atoms with Crippen LogP contribution < -0.4 is 0 Å². The third-order valence-corrected chi connectivity index (χ3v) is 2.65. The van der Waals surface area contributed by atoms with Gasteiger partial charge in [-0.25, -0.2) is 0 Å². The number of carbonyl (C=O) groups is 1. The Kier molecular flexibility index (Phi) is 5.68. The molecule has 0 heterocycles. The van der Waals surface area contributed by atoms with Gasteiger partial charge in [-0.1, -0.05) is 11.6 Å². The summed E-state index contributed by atoms with van der Waals surface area (Å²) in [4.78, 5) is 23.5. The Morgan fingerprint density at radius 2 is 1.89 bits per heavy atom. The summed E-state index contributed by atoms with van der Waals surface area (Å²) in [5.74, 6) is -0.655. The number of amides is 1. The number of aliphatic hydroxyl groups excluding tert-OH is 2. The van der Waals surface area contributed by atoms with Crippen LogP contribution in [-0.4, -0.2) is 52.2 Å². The molecule has 0 saturated carbocycles. The van der Waals surface area contributed by atoms with Gasteiger partial charge in [-0.3, -0.25) is 14.9 Å². The fraction of sp³-hybridized carbons (Fsp3) is 0.364. The SMILES string of the molecule is O=C(c1cc(Cl)ccc1[N+](=O)[O-])N(CCO)CCO. The molecule has 2 N–H and O–H groups in total. The third kappa shape index (κ3) is 3.88. The summed E-state index contributed by atoms with van der Waals surface area (Å²) in [5, 5.41) is 28.8. The van der Waals surface area contributed by atoms with Crippen LogP contribution in [0.4, 0.5) is 5.69 Å². The van der Waals surface area contributed by atoms with Gasteiger partial charge >= 0.3 is 0 Å². The van der Waals surface area contributed by atoms with Gasteiger partial charge in [0.15, 0.2) is 0 Å². The van der Waals surface area contributed by atoms with E-state index < -0.39 is 10.8 Å².